The maximum Gasteiger partial charge on any atom is 0.239 e. The summed E-state index contributed by atoms with van der Waals surface area (Å²) in [7, 11) is 0. The lowest BCUT2D eigenvalue weighted by atomic mass is 10.2. The molecule has 0 aliphatic carbocycles. The summed E-state index contributed by atoms with van der Waals surface area (Å²) < 4.78 is 0. The molecule has 1 fully saturated rings. The molecule has 2 heterocycles. The summed E-state index contributed by atoms with van der Waals surface area (Å²) >= 11 is 1.77. The molecular weight excluding hydrogens is 308 g/mol. The minimum Gasteiger partial charge on any atom is -0.310 e. The Labute approximate surface area is 143 Å². The maximum absolute atomic E-state index is 12.1. The van der Waals surface area contributed by atoms with Crippen LogP contribution in [0, 0.1) is 0 Å². The van der Waals surface area contributed by atoms with Crippen LogP contribution in [0.3, 0.4) is 0 Å². The zero-order chi connectivity index (χ0) is 16.8. The Morgan fingerprint density at radius 3 is 2.43 bits per heavy atom. The molecule has 5 nitrogen and oxygen atoms in total. The monoisotopic (exact) mass is 336 g/mol. The molecule has 6 heteroatoms. The number of aromatic nitrogens is 1. The van der Waals surface area contributed by atoms with Crippen molar-refractivity contribution in [2.75, 3.05) is 38.0 Å². The molecule has 0 bridgehead atoms. The van der Waals surface area contributed by atoms with Gasteiger partial charge >= 0.3 is 0 Å². The molecular formula is C17H28N4OS. The first-order valence-corrected chi connectivity index (χ1v) is 9.21. The van der Waals surface area contributed by atoms with E-state index in [9.17, 15) is 4.79 Å². The Kier molecular flexibility index (Phi) is 6.87. The van der Waals surface area contributed by atoms with Crippen molar-refractivity contribution in [1.82, 2.24) is 14.8 Å². The molecule has 1 saturated heterocycles. The number of rotatable bonds is 6. The summed E-state index contributed by atoms with van der Waals surface area (Å²) in [5.74, 6) is 0.642. The quantitative estimate of drug-likeness (QED) is 0.809. The van der Waals surface area contributed by atoms with Crippen LogP contribution in [0.4, 0.5) is 5.82 Å². The Morgan fingerprint density at radius 1 is 1.22 bits per heavy atom. The zero-order valence-corrected chi connectivity index (χ0v) is 15.4. The summed E-state index contributed by atoms with van der Waals surface area (Å²) in [6, 6.07) is 4.46. The average Bonchev–Trinajstić information content (AvgIpc) is 2.49. The summed E-state index contributed by atoms with van der Waals surface area (Å²) in [5, 5.41) is 3.42. The third-order valence-electron chi connectivity index (χ3n) is 3.88. The van der Waals surface area contributed by atoms with Crippen molar-refractivity contribution in [3.05, 3.63) is 18.3 Å². The Bertz CT molecular complexity index is 496. The van der Waals surface area contributed by atoms with Crippen LogP contribution in [-0.4, -0.2) is 64.7 Å². The van der Waals surface area contributed by atoms with Crippen molar-refractivity contribution < 1.29 is 4.79 Å². The number of hydrogen-bond donors (Lipinski definition) is 1. The van der Waals surface area contributed by atoms with E-state index in [1.807, 2.05) is 18.3 Å². The number of carbonyl (C=O) groups is 1. The van der Waals surface area contributed by atoms with Crippen molar-refractivity contribution in [2.24, 2.45) is 0 Å². The number of pyridine rings is 1. The molecule has 1 aromatic rings. The van der Waals surface area contributed by atoms with Crippen LogP contribution in [0.2, 0.25) is 0 Å². The molecule has 1 amide bonds. The average molecular weight is 337 g/mol. The highest BCUT2D eigenvalue weighted by atomic mass is 32.2. The van der Waals surface area contributed by atoms with Gasteiger partial charge in [-0.05, 0) is 26.0 Å². The fourth-order valence-electron chi connectivity index (χ4n) is 2.62. The van der Waals surface area contributed by atoms with Gasteiger partial charge in [0.05, 0.1) is 6.54 Å². The van der Waals surface area contributed by atoms with Crippen LogP contribution < -0.4 is 5.32 Å². The fraction of sp³-hybridized carbons (Fsp3) is 0.647. The van der Waals surface area contributed by atoms with E-state index in [4.69, 9.17) is 0 Å². The van der Waals surface area contributed by atoms with Crippen LogP contribution in [-0.2, 0) is 4.79 Å². The van der Waals surface area contributed by atoms with Gasteiger partial charge in [0, 0.05) is 48.6 Å². The van der Waals surface area contributed by atoms with Crippen molar-refractivity contribution in [1.29, 1.82) is 0 Å². The second kappa shape index (κ2) is 8.66. The molecule has 1 aliphatic rings. The van der Waals surface area contributed by atoms with E-state index in [0.717, 1.165) is 31.1 Å². The summed E-state index contributed by atoms with van der Waals surface area (Å²) in [4.78, 5) is 22.2. The van der Waals surface area contributed by atoms with Crippen molar-refractivity contribution in [3.63, 3.8) is 0 Å². The number of carbonyl (C=O) groups excluding carboxylic acids is 1. The van der Waals surface area contributed by atoms with Gasteiger partial charge < -0.3 is 5.32 Å². The van der Waals surface area contributed by atoms with Gasteiger partial charge in [-0.3, -0.25) is 14.6 Å². The van der Waals surface area contributed by atoms with Gasteiger partial charge in [-0.2, -0.15) is 0 Å². The largest absolute Gasteiger partial charge is 0.310 e. The Hall–Kier alpha value is -1.11. The van der Waals surface area contributed by atoms with Gasteiger partial charge in [-0.25, -0.2) is 4.98 Å². The van der Waals surface area contributed by atoms with Gasteiger partial charge in [-0.15, -0.1) is 11.8 Å². The molecule has 0 spiro atoms. The predicted molar refractivity (Wildman–Crippen MR) is 97.0 cm³/mol. The van der Waals surface area contributed by atoms with Gasteiger partial charge in [0.15, 0.2) is 0 Å². The highest BCUT2D eigenvalue weighted by molar-refractivity contribution is 7.99. The lowest BCUT2D eigenvalue weighted by Crippen LogP contribution is -2.50. The topological polar surface area (TPSA) is 48.5 Å². The number of amides is 1. The smallest absolute Gasteiger partial charge is 0.239 e. The van der Waals surface area contributed by atoms with Gasteiger partial charge in [-0.1, -0.05) is 13.8 Å². The molecule has 1 aromatic heterocycles. The van der Waals surface area contributed by atoms with E-state index < -0.39 is 0 Å². The first-order valence-electron chi connectivity index (χ1n) is 8.33. The minimum absolute atomic E-state index is 0.0137. The van der Waals surface area contributed by atoms with Crippen molar-refractivity contribution in [2.45, 2.75) is 43.9 Å². The SMILES string of the molecule is CC(C)Sc1ccc(NC(=O)CN2CCN(C(C)C)CC2)nc1. The van der Waals surface area contributed by atoms with Crippen LogP contribution >= 0.6 is 11.8 Å². The van der Waals surface area contributed by atoms with Gasteiger partial charge in [0.25, 0.3) is 0 Å². The van der Waals surface area contributed by atoms with E-state index in [1.54, 1.807) is 11.8 Å². The van der Waals surface area contributed by atoms with Crippen LogP contribution in [0.5, 0.6) is 0 Å². The molecule has 0 unspecified atom stereocenters. The van der Waals surface area contributed by atoms with Gasteiger partial charge in [0.2, 0.25) is 5.91 Å². The fourth-order valence-corrected chi connectivity index (χ4v) is 3.42. The second-order valence-electron chi connectivity index (χ2n) is 6.50. The molecule has 0 atom stereocenters. The predicted octanol–water partition coefficient (Wildman–Crippen LogP) is 2.55. The van der Waals surface area contributed by atoms with E-state index in [2.05, 4.69) is 47.8 Å². The lowest BCUT2D eigenvalue weighted by Gasteiger charge is -2.36. The molecule has 1 N–H and O–H groups in total. The zero-order valence-electron chi connectivity index (χ0n) is 14.6. The van der Waals surface area contributed by atoms with E-state index in [1.165, 1.54) is 0 Å². The third-order valence-corrected chi connectivity index (χ3v) is 4.87. The normalized spacial score (nSPS) is 17.0. The van der Waals surface area contributed by atoms with Gasteiger partial charge in [0.1, 0.15) is 5.82 Å². The molecule has 0 saturated carbocycles. The molecule has 128 valence electrons. The van der Waals surface area contributed by atoms with Crippen molar-refractivity contribution >= 4 is 23.5 Å². The third kappa shape index (κ3) is 6.12. The van der Waals surface area contributed by atoms with Crippen molar-refractivity contribution in [3.8, 4) is 0 Å². The number of nitrogens with zero attached hydrogens (tertiary/aromatic N) is 3. The Balaban J connectivity index is 1.77. The first-order chi connectivity index (χ1) is 10.9. The highest BCUT2D eigenvalue weighted by Crippen LogP contribution is 2.22. The number of thioether (sulfide) groups is 1. The number of hydrogen-bond acceptors (Lipinski definition) is 5. The molecule has 2 rings (SSSR count). The lowest BCUT2D eigenvalue weighted by molar-refractivity contribution is -0.117. The maximum atomic E-state index is 12.1. The second-order valence-corrected chi connectivity index (χ2v) is 8.15. The number of piperazine rings is 1. The van der Waals surface area contributed by atoms with Crippen LogP contribution in [0.1, 0.15) is 27.7 Å². The van der Waals surface area contributed by atoms with E-state index in [0.29, 0.717) is 23.7 Å². The molecule has 0 aromatic carbocycles. The number of anilines is 1. The standard InChI is InChI=1S/C17H28N4OS/c1-13(2)21-9-7-20(8-10-21)12-17(22)19-16-6-5-15(11-18-16)23-14(3)4/h5-6,11,13-14H,7-10,12H2,1-4H3,(H,18,19,22). The minimum atomic E-state index is 0.0137. The highest BCUT2D eigenvalue weighted by Gasteiger charge is 2.20. The summed E-state index contributed by atoms with van der Waals surface area (Å²) in [6.45, 7) is 13.1. The molecule has 23 heavy (non-hydrogen) atoms. The Morgan fingerprint density at radius 2 is 1.91 bits per heavy atom. The number of nitrogens with one attached hydrogen (secondary N) is 1. The van der Waals surface area contributed by atoms with Crippen LogP contribution in [0.25, 0.3) is 0 Å². The molecule has 1 aliphatic heterocycles. The summed E-state index contributed by atoms with van der Waals surface area (Å²) in [6.07, 6.45) is 1.82. The molecule has 0 radical (unpaired) electrons. The first kappa shape index (κ1) is 18.2. The van der Waals surface area contributed by atoms with E-state index in [-0.39, 0.29) is 5.91 Å². The van der Waals surface area contributed by atoms with Crippen LogP contribution in [0.15, 0.2) is 23.2 Å². The summed E-state index contributed by atoms with van der Waals surface area (Å²) in [5.41, 5.74) is 0. The van der Waals surface area contributed by atoms with E-state index >= 15 is 0 Å².